The van der Waals surface area contributed by atoms with Gasteiger partial charge in [0.2, 0.25) is 5.91 Å². The molecule has 1 N–H and O–H groups in total. The van der Waals surface area contributed by atoms with Crippen LogP contribution in [0.4, 0.5) is 5.69 Å². The third kappa shape index (κ3) is 3.90. The molecule has 0 saturated heterocycles. The molecule has 8 heteroatoms. The van der Waals surface area contributed by atoms with Crippen LogP contribution in [0.1, 0.15) is 16.8 Å². The fourth-order valence-corrected chi connectivity index (χ4v) is 4.68. The standard InChI is InChI=1S/C22H18N2O5S/c25-21(14-15-24-22(26)19-8-4-5-9-20(19)30(24,27)28)23-16-10-12-18(13-11-16)29-17-6-2-1-3-7-17/h1-13H,14-15H2,(H,23,25). The lowest BCUT2D eigenvalue weighted by molar-refractivity contribution is -0.116. The summed E-state index contributed by atoms with van der Waals surface area (Å²) < 4.78 is 31.5. The van der Waals surface area contributed by atoms with E-state index in [1.807, 2.05) is 30.3 Å². The number of hydrogen-bond donors (Lipinski definition) is 1. The molecular formula is C22H18N2O5S. The Kier molecular flexibility index (Phi) is 5.24. The number of fused-ring (bicyclic) bond motifs is 1. The van der Waals surface area contributed by atoms with Gasteiger partial charge in [0.15, 0.2) is 0 Å². The van der Waals surface area contributed by atoms with E-state index in [4.69, 9.17) is 4.74 Å². The maximum absolute atomic E-state index is 12.5. The molecule has 30 heavy (non-hydrogen) atoms. The van der Waals surface area contributed by atoms with Crippen molar-refractivity contribution in [3.05, 3.63) is 84.4 Å². The second-order valence-electron chi connectivity index (χ2n) is 6.62. The van der Waals surface area contributed by atoms with Gasteiger partial charge in [-0.3, -0.25) is 9.59 Å². The number of carbonyl (C=O) groups is 2. The summed E-state index contributed by atoms with van der Waals surface area (Å²) in [7, 11) is -3.91. The van der Waals surface area contributed by atoms with Gasteiger partial charge in [0.25, 0.3) is 15.9 Å². The minimum Gasteiger partial charge on any atom is -0.457 e. The van der Waals surface area contributed by atoms with Gasteiger partial charge < -0.3 is 10.1 Å². The van der Waals surface area contributed by atoms with Crippen LogP contribution in [-0.4, -0.2) is 31.1 Å². The van der Waals surface area contributed by atoms with Crippen LogP contribution in [-0.2, 0) is 14.8 Å². The summed E-state index contributed by atoms with van der Waals surface area (Å²) in [4.78, 5) is 24.6. The first-order valence-electron chi connectivity index (χ1n) is 9.24. The van der Waals surface area contributed by atoms with E-state index in [9.17, 15) is 18.0 Å². The highest BCUT2D eigenvalue weighted by atomic mass is 32.2. The van der Waals surface area contributed by atoms with Crippen molar-refractivity contribution in [1.29, 1.82) is 0 Å². The van der Waals surface area contributed by atoms with Crippen molar-refractivity contribution in [2.75, 3.05) is 11.9 Å². The summed E-state index contributed by atoms with van der Waals surface area (Å²) in [6, 6.07) is 22.1. The van der Waals surface area contributed by atoms with Gasteiger partial charge in [-0.1, -0.05) is 30.3 Å². The summed E-state index contributed by atoms with van der Waals surface area (Å²) >= 11 is 0. The lowest BCUT2D eigenvalue weighted by atomic mass is 10.2. The Morgan fingerprint density at radius 3 is 2.20 bits per heavy atom. The average molecular weight is 422 g/mol. The molecule has 0 aromatic heterocycles. The topological polar surface area (TPSA) is 92.8 Å². The molecule has 4 rings (SSSR count). The molecule has 2 amide bonds. The number of anilines is 1. The number of hydrogen-bond acceptors (Lipinski definition) is 5. The molecule has 0 bridgehead atoms. The molecule has 3 aromatic carbocycles. The van der Waals surface area contributed by atoms with Crippen molar-refractivity contribution in [2.45, 2.75) is 11.3 Å². The van der Waals surface area contributed by atoms with E-state index in [-0.39, 0.29) is 23.4 Å². The Balaban J connectivity index is 1.35. The molecular weight excluding hydrogens is 404 g/mol. The van der Waals surface area contributed by atoms with Crippen molar-refractivity contribution in [2.24, 2.45) is 0 Å². The van der Waals surface area contributed by atoms with Gasteiger partial charge in [-0.05, 0) is 48.5 Å². The lowest BCUT2D eigenvalue weighted by Crippen LogP contribution is -2.33. The van der Waals surface area contributed by atoms with E-state index in [0.29, 0.717) is 17.2 Å². The van der Waals surface area contributed by atoms with E-state index >= 15 is 0 Å². The van der Waals surface area contributed by atoms with Crippen LogP contribution in [0.5, 0.6) is 11.5 Å². The zero-order valence-corrected chi connectivity index (χ0v) is 16.6. The fraction of sp³-hybridized carbons (Fsp3) is 0.0909. The van der Waals surface area contributed by atoms with Gasteiger partial charge >= 0.3 is 0 Å². The van der Waals surface area contributed by atoms with Crippen molar-refractivity contribution in [3.8, 4) is 11.5 Å². The van der Waals surface area contributed by atoms with Crippen LogP contribution in [0, 0.1) is 0 Å². The first-order chi connectivity index (χ1) is 14.4. The number of sulfonamides is 1. The molecule has 1 heterocycles. The molecule has 1 aliphatic rings. The van der Waals surface area contributed by atoms with Crippen LogP contribution >= 0.6 is 0 Å². The third-order valence-electron chi connectivity index (χ3n) is 4.57. The number of nitrogens with one attached hydrogen (secondary N) is 1. The van der Waals surface area contributed by atoms with E-state index < -0.39 is 21.8 Å². The molecule has 0 fully saturated rings. The summed E-state index contributed by atoms with van der Waals surface area (Å²) in [6.45, 7) is -0.225. The SMILES string of the molecule is O=C(CCN1C(=O)c2ccccc2S1(=O)=O)Nc1ccc(Oc2ccccc2)cc1. The van der Waals surface area contributed by atoms with Crippen LogP contribution < -0.4 is 10.1 Å². The van der Waals surface area contributed by atoms with Gasteiger partial charge in [0, 0.05) is 18.7 Å². The largest absolute Gasteiger partial charge is 0.457 e. The lowest BCUT2D eigenvalue weighted by Gasteiger charge is -2.15. The summed E-state index contributed by atoms with van der Waals surface area (Å²) in [5, 5.41) is 2.69. The summed E-state index contributed by atoms with van der Waals surface area (Å²) in [5.74, 6) is 0.309. The van der Waals surface area contributed by atoms with Crippen LogP contribution in [0.3, 0.4) is 0 Å². The predicted molar refractivity (Wildman–Crippen MR) is 111 cm³/mol. The van der Waals surface area contributed by atoms with Crippen LogP contribution in [0.15, 0.2) is 83.8 Å². The molecule has 0 atom stereocenters. The Bertz CT molecular complexity index is 1190. The minimum absolute atomic E-state index is 0.0237. The Morgan fingerprint density at radius 1 is 0.867 bits per heavy atom. The van der Waals surface area contributed by atoms with Crippen molar-refractivity contribution in [3.63, 3.8) is 0 Å². The van der Waals surface area contributed by atoms with E-state index in [1.54, 1.807) is 36.4 Å². The smallest absolute Gasteiger partial charge is 0.269 e. The molecule has 7 nitrogen and oxygen atoms in total. The van der Waals surface area contributed by atoms with Crippen LogP contribution in [0.25, 0.3) is 0 Å². The monoisotopic (exact) mass is 422 g/mol. The van der Waals surface area contributed by atoms with Gasteiger partial charge in [-0.25, -0.2) is 12.7 Å². The quantitative estimate of drug-likeness (QED) is 0.655. The van der Waals surface area contributed by atoms with Gasteiger partial charge in [0.05, 0.1) is 5.56 Å². The highest BCUT2D eigenvalue weighted by molar-refractivity contribution is 7.90. The van der Waals surface area contributed by atoms with Crippen LogP contribution in [0.2, 0.25) is 0 Å². The molecule has 1 aliphatic heterocycles. The number of amides is 2. The Morgan fingerprint density at radius 2 is 1.50 bits per heavy atom. The van der Waals surface area contributed by atoms with Gasteiger partial charge in [-0.15, -0.1) is 0 Å². The number of ether oxygens (including phenoxy) is 1. The maximum atomic E-state index is 12.5. The number of benzene rings is 3. The molecule has 152 valence electrons. The molecule has 0 radical (unpaired) electrons. The average Bonchev–Trinajstić information content (AvgIpc) is 2.94. The molecule has 0 aliphatic carbocycles. The third-order valence-corrected chi connectivity index (χ3v) is 6.41. The molecule has 3 aromatic rings. The Labute approximate surface area is 174 Å². The molecule has 0 unspecified atom stereocenters. The highest BCUT2D eigenvalue weighted by Gasteiger charge is 2.40. The first-order valence-corrected chi connectivity index (χ1v) is 10.7. The summed E-state index contributed by atoms with van der Waals surface area (Å²) in [5.41, 5.74) is 0.672. The zero-order chi connectivity index (χ0) is 21.1. The van der Waals surface area contributed by atoms with Gasteiger partial charge in [0.1, 0.15) is 16.4 Å². The first kappa shape index (κ1) is 19.7. The van der Waals surface area contributed by atoms with Crippen molar-refractivity contribution in [1.82, 2.24) is 4.31 Å². The van der Waals surface area contributed by atoms with E-state index in [1.165, 1.54) is 12.1 Å². The molecule has 0 saturated carbocycles. The fourth-order valence-electron chi connectivity index (χ4n) is 3.11. The number of nitrogens with zero attached hydrogens (tertiary/aromatic N) is 1. The number of para-hydroxylation sites is 1. The molecule has 0 spiro atoms. The van der Waals surface area contributed by atoms with Crippen molar-refractivity contribution >= 4 is 27.5 Å². The number of carbonyl (C=O) groups excluding carboxylic acids is 2. The summed E-state index contributed by atoms with van der Waals surface area (Å²) in [6.07, 6.45) is -0.152. The number of rotatable bonds is 6. The van der Waals surface area contributed by atoms with E-state index in [2.05, 4.69) is 5.32 Å². The second kappa shape index (κ2) is 8.00. The predicted octanol–water partition coefficient (Wildman–Crippen LogP) is 3.65. The normalized spacial score (nSPS) is 14.3. The Hall–Kier alpha value is -3.65. The highest BCUT2D eigenvalue weighted by Crippen LogP contribution is 2.30. The maximum Gasteiger partial charge on any atom is 0.269 e. The van der Waals surface area contributed by atoms with Gasteiger partial charge in [-0.2, -0.15) is 0 Å². The second-order valence-corrected chi connectivity index (χ2v) is 8.45. The minimum atomic E-state index is -3.91. The van der Waals surface area contributed by atoms with Crippen molar-refractivity contribution < 1.29 is 22.7 Å². The zero-order valence-electron chi connectivity index (χ0n) is 15.8. The van der Waals surface area contributed by atoms with E-state index in [0.717, 1.165) is 4.31 Å².